The van der Waals surface area contributed by atoms with Gasteiger partial charge in [0, 0.05) is 18.0 Å². The number of rotatable bonds is 2. The van der Waals surface area contributed by atoms with Crippen LogP contribution in [0.4, 0.5) is 0 Å². The number of hydrogen-bond acceptors (Lipinski definition) is 3. The van der Waals surface area contributed by atoms with E-state index in [2.05, 4.69) is 16.4 Å². The SMILES string of the molecule is CC(C(=O)N1CCc2sccc2C1)n1cnc2ccccc21. The molecule has 1 amide bonds. The Balaban J connectivity index is 1.60. The van der Waals surface area contributed by atoms with Gasteiger partial charge in [0.2, 0.25) is 5.91 Å². The zero-order chi connectivity index (χ0) is 15.1. The first kappa shape index (κ1) is 13.5. The molecular weight excluding hydrogens is 294 g/mol. The Labute approximate surface area is 133 Å². The average molecular weight is 311 g/mol. The third-order valence-electron chi connectivity index (χ3n) is 4.38. The molecule has 1 unspecified atom stereocenters. The summed E-state index contributed by atoms with van der Waals surface area (Å²) in [6, 6.07) is 9.84. The van der Waals surface area contributed by atoms with Crippen molar-refractivity contribution in [2.24, 2.45) is 0 Å². The molecule has 0 saturated carbocycles. The molecular formula is C17H17N3OS. The zero-order valence-electron chi connectivity index (χ0n) is 12.4. The highest BCUT2D eigenvalue weighted by molar-refractivity contribution is 7.10. The molecule has 0 saturated heterocycles. The van der Waals surface area contributed by atoms with Crippen molar-refractivity contribution >= 4 is 28.3 Å². The lowest BCUT2D eigenvalue weighted by molar-refractivity contribution is -0.135. The van der Waals surface area contributed by atoms with E-state index in [9.17, 15) is 4.79 Å². The van der Waals surface area contributed by atoms with Gasteiger partial charge in [-0.25, -0.2) is 4.98 Å². The molecule has 1 aliphatic heterocycles. The lowest BCUT2D eigenvalue weighted by atomic mass is 10.1. The first-order valence-electron chi connectivity index (χ1n) is 7.49. The van der Waals surface area contributed by atoms with Gasteiger partial charge in [0.05, 0.1) is 17.4 Å². The Morgan fingerprint density at radius 1 is 1.32 bits per heavy atom. The molecule has 3 heterocycles. The van der Waals surface area contributed by atoms with Crippen LogP contribution >= 0.6 is 11.3 Å². The lowest BCUT2D eigenvalue weighted by Gasteiger charge is -2.30. The summed E-state index contributed by atoms with van der Waals surface area (Å²) in [4.78, 5) is 20.6. The van der Waals surface area contributed by atoms with Crippen molar-refractivity contribution in [1.29, 1.82) is 0 Å². The second kappa shape index (κ2) is 5.25. The molecule has 0 aliphatic carbocycles. The number of carbonyl (C=O) groups excluding carboxylic acids is 1. The molecule has 0 bridgehead atoms. The fraction of sp³-hybridized carbons (Fsp3) is 0.294. The summed E-state index contributed by atoms with van der Waals surface area (Å²) >= 11 is 1.79. The van der Waals surface area contributed by atoms with Crippen LogP contribution in [0.2, 0.25) is 0 Å². The Bertz CT molecular complexity index is 835. The van der Waals surface area contributed by atoms with Gasteiger partial charge in [-0.1, -0.05) is 12.1 Å². The highest BCUT2D eigenvalue weighted by atomic mass is 32.1. The second-order valence-corrected chi connectivity index (χ2v) is 6.70. The van der Waals surface area contributed by atoms with E-state index in [4.69, 9.17) is 0 Å². The van der Waals surface area contributed by atoms with Crippen LogP contribution in [0.1, 0.15) is 23.4 Å². The number of para-hydroxylation sites is 2. The van der Waals surface area contributed by atoms with Crippen molar-refractivity contribution in [3.63, 3.8) is 0 Å². The van der Waals surface area contributed by atoms with Crippen molar-refractivity contribution in [1.82, 2.24) is 14.5 Å². The number of hydrogen-bond donors (Lipinski definition) is 0. The summed E-state index contributed by atoms with van der Waals surface area (Å²) in [5, 5.41) is 2.12. The maximum Gasteiger partial charge on any atom is 0.245 e. The van der Waals surface area contributed by atoms with Crippen molar-refractivity contribution < 1.29 is 4.79 Å². The molecule has 22 heavy (non-hydrogen) atoms. The summed E-state index contributed by atoms with van der Waals surface area (Å²) in [7, 11) is 0. The van der Waals surface area contributed by atoms with Crippen molar-refractivity contribution in [3.05, 3.63) is 52.5 Å². The highest BCUT2D eigenvalue weighted by Gasteiger charge is 2.26. The third kappa shape index (κ3) is 2.13. The van der Waals surface area contributed by atoms with Gasteiger partial charge >= 0.3 is 0 Å². The second-order valence-electron chi connectivity index (χ2n) is 5.70. The Morgan fingerprint density at radius 2 is 2.18 bits per heavy atom. The van der Waals surface area contributed by atoms with Crippen molar-refractivity contribution in [2.75, 3.05) is 6.54 Å². The molecule has 4 nitrogen and oxygen atoms in total. The quantitative estimate of drug-likeness (QED) is 0.728. The molecule has 4 rings (SSSR count). The summed E-state index contributed by atoms with van der Waals surface area (Å²) < 4.78 is 1.97. The largest absolute Gasteiger partial charge is 0.336 e. The zero-order valence-corrected chi connectivity index (χ0v) is 13.2. The van der Waals surface area contributed by atoms with Crippen LogP contribution < -0.4 is 0 Å². The molecule has 3 aromatic rings. The summed E-state index contributed by atoms with van der Waals surface area (Å²) in [6.07, 6.45) is 2.74. The van der Waals surface area contributed by atoms with Gasteiger partial charge in [-0.15, -0.1) is 11.3 Å². The maximum atomic E-state index is 12.9. The first-order chi connectivity index (χ1) is 10.7. The van der Waals surface area contributed by atoms with Crippen LogP contribution in [-0.2, 0) is 17.8 Å². The van der Waals surface area contributed by atoms with Crippen LogP contribution in [-0.4, -0.2) is 26.9 Å². The average Bonchev–Trinajstić information content (AvgIpc) is 3.19. The van der Waals surface area contributed by atoms with E-state index in [0.717, 1.165) is 30.5 Å². The van der Waals surface area contributed by atoms with E-state index in [1.165, 1.54) is 10.4 Å². The van der Waals surface area contributed by atoms with Gasteiger partial charge in [-0.2, -0.15) is 0 Å². The minimum atomic E-state index is -0.229. The minimum absolute atomic E-state index is 0.167. The number of thiophene rings is 1. The molecule has 1 atom stereocenters. The molecule has 0 fully saturated rings. The van der Waals surface area contributed by atoms with Crippen LogP contribution in [0, 0.1) is 0 Å². The molecule has 1 aromatic carbocycles. The van der Waals surface area contributed by atoms with Crippen molar-refractivity contribution in [3.8, 4) is 0 Å². The van der Waals surface area contributed by atoms with Gasteiger partial charge in [0.25, 0.3) is 0 Å². The minimum Gasteiger partial charge on any atom is -0.336 e. The standard InChI is InChI=1S/C17H17N3OS/c1-12(20-11-18-14-4-2-3-5-15(14)20)17(21)19-8-6-16-13(10-19)7-9-22-16/h2-5,7,9,11-12H,6,8,10H2,1H3. The number of fused-ring (bicyclic) bond motifs is 2. The van der Waals surface area contributed by atoms with Gasteiger partial charge < -0.3 is 9.47 Å². The van der Waals surface area contributed by atoms with Gasteiger partial charge in [-0.05, 0) is 42.5 Å². The number of aromatic nitrogens is 2. The number of benzene rings is 1. The smallest absolute Gasteiger partial charge is 0.245 e. The molecule has 0 spiro atoms. The van der Waals surface area contributed by atoms with Crippen LogP contribution in [0.25, 0.3) is 11.0 Å². The predicted octanol–water partition coefficient (Wildman–Crippen LogP) is 3.24. The summed E-state index contributed by atoms with van der Waals surface area (Å²) in [6.45, 7) is 3.50. The molecule has 5 heteroatoms. The Morgan fingerprint density at radius 3 is 3.09 bits per heavy atom. The van der Waals surface area contributed by atoms with E-state index in [0.29, 0.717) is 0 Å². The topological polar surface area (TPSA) is 38.1 Å². The molecule has 2 aromatic heterocycles. The maximum absolute atomic E-state index is 12.9. The molecule has 0 N–H and O–H groups in total. The Hall–Kier alpha value is -2.14. The van der Waals surface area contributed by atoms with E-state index < -0.39 is 0 Å². The van der Waals surface area contributed by atoms with Crippen LogP contribution in [0.15, 0.2) is 42.0 Å². The first-order valence-corrected chi connectivity index (χ1v) is 8.37. The van der Waals surface area contributed by atoms with E-state index in [-0.39, 0.29) is 11.9 Å². The lowest BCUT2D eigenvalue weighted by Crippen LogP contribution is -2.39. The van der Waals surface area contributed by atoms with E-state index >= 15 is 0 Å². The van der Waals surface area contributed by atoms with E-state index in [1.807, 2.05) is 40.7 Å². The number of carbonyl (C=O) groups is 1. The van der Waals surface area contributed by atoms with Crippen LogP contribution in [0.5, 0.6) is 0 Å². The number of imidazole rings is 1. The number of nitrogens with zero attached hydrogens (tertiary/aromatic N) is 3. The van der Waals surface area contributed by atoms with Gasteiger partial charge in [0.15, 0.2) is 0 Å². The summed E-state index contributed by atoms with van der Waals surface area (Å²) in [5.74, 6) is 0.167. The van der Waals surface area contributed by atoms with Crippen molar-refractivity contribution in [2.45, 2.75) is 25.9 Å². The molecule has 0 radical (unpaired) electrons. The fourth-order valence-corrected chi connectivity index (χ4v) is 4.00. The number of amides is 1. The molecule has 1 aliphatic rings. The fourth-order valence-electron chi connectivity index (χ4n) is 3.11. The van der Waals surface area contributed by atoms with Crippen LogP contribution in [0.3, 0.4) is 0 Å². The monoisotopic (exact) mass is 311 g/mol. The van der Waals surface area contributed by atoms with Gasteiger partial charge in [-0.3, -0.25) is 4.79 Å². The van der Waals surface area contributed by atoms with E-state index in [1.54, 1.807) is 17.7 Å². The summed E-state index contributed by atoms with van der Waals surface area (Å²) in [5.41, 5.74) is 3.24. The normalized spacial score (nSPS) is 15.8. The van der Waals surface area contributed by atoms with Gasteiger partial charge in [0.1, 0.15) is 6.04 Å². The predicted molar refractivity (Wildman–Crippen MR) is 87.9 cm³/mol. The third-order valence-corrected chi connectivity index (χ3v) is 5.40. The Kier molecular flexibility index (Phi) is 3.22. The highest BCUT2D eigenvalue weighted by Crippen LogP contribution is 2.26. The molecule has 112 valence electrons.